The Morgan fingerprint density at radius 3 is 2.53 bits per heavy atom. The average Bonchev–Trinajstić information content (AvgIpc) is 2.39. The third kappa shape index (κ3) is 2.86. The van der Waals surface area contributed by atoms with Gasteiger partial charge in [-0.05, 0) is 44.7 Å². The summed E-state index contributed by atoms with van der Waals surface area (Å²) >= 11 is 12.2. The number of fused-ring (bicyclic) bond motifs is 2. The molecule has 2 bridgehead atoms. The van der Waals surface area contributed by atoms with Crippen LogP contribution in [0.2, 0.25) is 10.0 Å². The molecule has 0 saturated carbocycles. The molecule has 2 fully saturated rings. The van der Waals surface area contributed by atoms with Crippen molar-refractivity contribution in [1.29, 1.82) is 0 Å². The van der Waals surface area contributed by atoms with Crippen molar-refractivity contribution in [2.75, 3.05) is 0 Å². The minimum Gasteiger partial charge on any atom is -0.490 e. The zero-order valence-electron chi connectivity index (χ0n) is 11.1. The number of hydrogen-bond donors (Lipinski definition) is 1. The molecule has 0 unspecified atom stereocenters. The van der Waals surface area contributed by atoms with Crippen LogP contribution in [-0.2, 0) is 0 Å². The summed E-state index contributed by atoms with van der Waals surface area (Å²) in [6, 6.07) is 5.00. The van der Waals surface area contributed by atoms with Crippen LogP contribution >= 0.6 is 23.2 Å². The van der Waals surface area contributed by atoms with E-state index in [1.54, 1.807) is 0 Å². The predicted octanol–water partition coefficient (Wildman–Crippen LogP) is 4.35. The van der Waals surface area contributed by atoms with Crippen molar-refractivity contribution in [3.05, 3.63) is 27.7 Å². The summed E-state index contributed by atoms with van der Waals surface area (Å²) in [5.41, 5.74) is 0.942. The van der Waals surface area contributed by atoms with Crippen molar-refractivity contribution in [3.63, 3.8) is 0 Å². The fourth-order valence-corrected chi connectivity index (χ4v) is 3.61. The average molecular weight is 300 g/mol. The maximum absolute atomic E-state index is 6.18. The fraction of sp³-hybridized carbons (Fsp3) is 0.600. The second-order valence-electron chi connectivity index (χ2n) is 5.69. The third-order valence-electron chi connectivity index (χ3n) is 4.25. The van der Waals surface area contributed by atoms with Crippen LogP contribution in [0.1, 0.15) is 37.7 Å². The Hall–Kier alpha value is -0.440. The summed E-state index contributed by atoms with van der Waals surface area (Å²) in [7, 11) is 0. The quantitative estimate of drug-likeness (QED) is 0.876. The lowest BCUT2D eigenvalue weighted by Gasteiger charge is -2.40. The molecule has 2 saturated heterocycles. The second kappa shape index (κ2) is 5.51. The normalized spacial score (nSPS) is 30.2. The highest BCUT2D eigenvalue weighted by molar-refractivity contribution is 6.42. The Morgan fingerprint density at radius 1 is 1.16 bits per heavy atom. The van der Waals surface area contributed by atoms with E-state index in [1.807, 2.05) is 19.1 Å². The Kier molecular flexibility index (Phi) is 3.93. The van der Waals surface area contributed by atoms with Crippen LogP contribution in [0.3, 0.4) is 0 Å². The van der Waals surface area contributed by atoms with E-state index < -0.39 is 0 Å². The molecule has 2 heterocycles. The van der Waals surface area contributed by atoms with Gasteiger partial charge in [0.05, 0.1) is 10.0 Å². The van der Waals surface area contributed by atoms with Crippen LogP contribution in [0.15, 0.2) is 12.1 Å². The van der Waals surface area contributed by atoms with Crippen LogP contribution in [0.5, 0.6) is 5.75 Å². The number of piperidine rings is 2. The highest BCUT2D eigenvalue weighted by Crippen LogP contribution is 2.35. The van der Waals surface area contributed by atoms with Gasteiger partial charge >= 0.3 is 0 Å². The smallest absolute Gasteiger partial charge is 0.124 e. The predicted molar refractivity (Wildman–Crippen MR) is 79.4 cm³/mol. The molecule has 3 rings (SSSR count). The zero-order chi connectivity index (χ0) is 13.4. The summed E-state index contributed by atoms with van der Waals surface area (Å²) in [5.74, 6) is 0.874. The second-order valence-corrected chi connectivity index (χ2v) is 6.47. The number of rotatable bonds is 2. The molecule has 4 heteroatoms. The molecule has 0 radical (unpaired) electrons. The van der Waals surface area contributed by atoms with E-state index in [-0.39, 0.29) is 0 Å². The molecule has 1 aromatic carbocycles. The maximum atomic E-state index is 6.18. The van der Waals surface area contributed by atoms with Gasteiger partial charge in [-0.25, -0.2) is 0 Å². The molecule has 0 aromatic heterocycles. The van der Waals surface area contributed by atoms with Gasteiger partial charge in [-0.2, -0.15) is 0 Å². The largest absolute Gasteiger partial charge is 0.490 e. The van der Waals surface area contributed by atoms with Gasteiger partial charge in [-0.1, -0.05) is 29.6 Å². The van der Waals surface area contributed by atoms with Crippen molar-refractivity contribution >= 4 is 23.2 Å². The lowest BCUT2D eigenvalue weighted by atomic mass is 9.85. The summed E-state index contributed by atoms with van der Waals surface area (Å²) in [5, 5.41) is 4.87. The van der Waals surface area contributed by atoms with Crippen LogP contribution in [0.25, 0.3) is 0 Å². The standard InChI is InChI=1S/C15H19Cl2NO/c1-9-14(6-5-13(16)15(9)17)19-12-7-10-3-2-4-11(8-12)18-10/h5-6,10-12,18H,2-4,7-8H2,1H3/t10-,11+,12-. The van der Waals surface area contributed by atoms with Gasteiger partial charge in [0.25, 0.3) is 0 Å². The van der Waals surface area contributed by atoms with Gasteiger partial charge in [0.15, 0.2) is 0 Å². The molecule has 2 aliphatic heterocycles. The summed E-state index contributed by atoms with van der Waals surface area (Å²) in [4.78, 5) is 0. The van der Waals surface area contributed by atoms with Crippen LogP contribution in [0, 0.1) is 6.92 Å². The first kappa shape index (κ1) is 13.5. The monoisotopic (exact) mass is 299 g/mol. The van der Waals surface area contributed by atoms with Gasteiger partial charge in [0.2, 0.25) is 0 Å². The third-order valence-corrected chi connectivity index (χ3v) is 5.15. The molecule has 2 nitrogen and oxygen atoms in total. The van der Waals surface area contributed by atoms with Crippen molar-refractivity contribution in [3.8, 4) is 5.75 Å². The Balaban J connectivity index is 1.73. The molecule has 1 N–H and O–H groups in total. The molecule has 3 atom stereocenters. The van der Waals surface area contributed by atoms with E-state index in [1.165, 1.54) is 19.3 Å². The molecular weight excluding hydrogens is 281 g/mol. The number of ether oxygens (including phenoxy) is 1. The van der Waals surface area contributed by atoms with Crippen molar-refractivity contribution < 1.29 is 4.74 Å². The van der Waals surface area contributed by atoms with Crippen LogP contribution in [-0.4, -0.2) is 18.2 Å². The molecule has 1 aromatic rings. The van der Waals surface area contributed by atoms with Gasteiger partial charge in [0, 0.05) is 17.6 Å². The first-order chi connectivity index (χ1) is 9.13. The number of nitrogens with one attached hydrogen (secondary N) is 1. The van der Waals surface area contributed by atoms with Crippen molar-refractivity contribution in [1.82, 2.24) is 5.32 Å². The number of benzene rings is 1. The highest BCUT2D eigenvalue weighted by atomic mass is 35.5. The minimum atomic E-state index is 0.299. The Morgan fingerprint density at radius 2 is 1.84 bits per heavy atom. The molecule has 0 spiro atoms. The van der Waals surface area contributed by atoms with E-state index >= 15 is 0 Å². The fourth-order valence-electron chi connectivity index (χ4n) is 3.25. The molecule has 0 amide bonds. The first-order valence-electron chi connectivity index (χ1n) is 7.01. The van der Waals surface area contributed by atoms with E-state index in [2.05, 4.69) is 5.32 Å². The Bertz CT molecular complexity index is 465. The molecule has 2 aliphatic rings. The van der Waals surface area contributed by atoms with Gasteiger partial charge in [-0.3, -0.25) is 0 Å². The number of hydrogen-bond acceptors (Lipinski definition) is 2. The van der Waals surface area contributed by atoms with E-state index in [4.69, 9.17) is 27.9 Å². The van der Waals surface area contributed by atoms with E-state index in [0.717, 1.165) is 24.2 Å². The first-order valence-corrected chi connectivity index (χ1v) is 7.76. The number of halogens is 2. The lowest BCUT2D eigenvalue weighted by molar-refractivity contribution is 0.0921. The minimum absolute atomic E-state index is 0.299. The van der Waals surface area contributed by atoms with E-state index in [9.17, 15) is 0 Å². The van der Waals surface area contributed by atoms with Crippen molar-refractivity contribution in [2.45, 2.75) is 57.2 Å². The van der Waals surface area contributed by atoms with Gasteiger partial charge < -0.3 is 10.1 Å². The summed E-state index contributed by atoms with van der Waals surface area (Å²) in [6.07, 6.45) is 6.38. The van der Waals surface area contributed by atoms with Crippen molar-refractivity contribution in [2.24, 2.45) is 0 Å². The topological polar surface area (TPSA) is 21.3 Å². The summed E-state index contributed by atoms with van der Waals surface area (Å²) in [6.45, 7) is 1.96. The molecule has 104 valence electrons. The van der Waals surface area contributed by atoms with Crippen LogP contribution < -0.4 is 10.1 Å². The highest BCUT2D eigenvalue weighted by Gasteiger charge is 2.32. The zero-order valence-corrected chi connectivity index (χ0v) is 12.6. The van der Waals surface area contributed by atoms with Gasteiger partial charge in [0.1, 0.15) is 11.9 Å². The summed E-state index contributed by atoms with van der Waals surface area (Å²) < 4.78 is 6.18. The SMILES string of the molecule is Cc1c(O[C@@H]2C[C@H]3CCC[C@@H](C2)N3)ccc(Cl)c1Cl. The van der Waals surface area contributed by atoms with Gasteiger partial charge in [-0.15, -0.1) is 0 Å². The Labute approximate surface area is 124 Å². The molecule has 0 aliphatic carbocycles. The van der Waals surface area contributed by atoms with Crippen LogP contribution in [0.4, 0.5) is 0 Å². The maximum Gasteiger partial charge on any atom is 0.124 e. The lowest BCUT2D eigenvalue weighted by Crippen LogP contribution is -2.51. The van der Waals surface area contributed by atoms with E-state index in [0.29, 0.717) is 28.2 Å². The molecular formula is C15H19Cl2NO. The molecule has 19 heavy (non-hydrogen) atoms.